The van der Waals surface area contributed by atoms with E-state index in [9.17, 15) is 9.90 Å². The maximum absolute atomic E-state index is 11.6. The number of hydrogen-bond acceptors (Lipinski definition) is 8. The second-order valence-electron chi connectivity index (χ2n) is 10.5. The second-order valence-corrected chi connectivity index (χ2v) is 10.5. The first-order valence-electron chi connectivity index (χ1n) is 13.1. The Morgan fingerprint density at radius 2 is 1.81 bits per heavy atom. The lowest BCUT2D eigenvalue weighted by molar-refractivity contribution is -0.150. The van der Waals surface area contributed by atoms with Crippen molar-refractivity contribution >= 4 is 11.8 Å². The molecule has 0 aliphatic carbocycles. The molecule has 9 heteroatoms. The number of piperidine rings is 1. The maximum Gasteiger partial charge on any atom is 0.309 e. The number of carbonyl (C=O) groups is 1. The van der Waals surface area contributed by atoms with Crippen LogP contribution in [0.2, 0.25) is 0 Å². The predicted octanol–water partition coefficient (Wildman–Crippen LogP) is 4.02. The summed E-state index contributed by atoms with van der Waals surface area (Å²) in [4.78, 5) is 26.3. The molecular formula is C28H36N4O5. The molecule has 0 atom stereocenters. The van der Waals surface area contributed by atoms with Gasteiger partial charge in [0.1, 0.15) is 17.3 Å². The molecule has 9 nitrogen and oxygen atoms in total. The summed E-state index contributed by atoms with van der Waals surface area (Å²) < 4.78 is 12.1. The highest BCUT2D eigenvalue weighted by Crippen LogP contribution is 2.42. The molecule has 198 valence electrons. The Morgan fingerprint density at radius 3 is 2.38 bits per heavy atom. The number of likely N-dealkylation sites (tertiary alicyclic amines) is 2. The first-order chi connectivity index (χ1) is 17.8. The smallest absolute Gasteiger partial charge is 0.309 e. The number of amidine groups is 1. The highest BCUT2D eigenvalue weighted by Gasteiger charge is 2.51. The average molecular weight is 509 g/mol. The van der Waals surface area contributed by atoms with Crippen LogP contribution in [0.1, 0.15) is 45.6 Å². The second kappa shape index (κ2) is 10.2. The lowest BCUT2D eigenvalue weighted by Gasteiger charge is -2.45. The third-order valence-corrected chi connectivity index (χ3v) is 7.68. The molecule has 1 N–H and O–H groups in total. The zero-order chi connectivity index (χ0) is 26.0. The van der Waals surface area contributed by atoms with Crippen LogP contribution in [0.15, 0.2) is 41.8 Å². The number of carboxylic acids is 1. The van der Waals surface area contributed by atoms with Crippen LogP contribution in [0.25, 0.3) is 11.1 Å². The fourth-order valence-electron chi connectivity index (χ4n) is 5.52. The van der Waals surface area contributed by atoms with Crippen molar-refractivity contribution in [3.05, 3.63) is 42.2 Å². The van der Waals surface area contributed by atoms with Crippen molar-refractivity contribution in [1.82, 2.24) is 14.8 Å². The van der Waals surface area contributed by atoms with E-state index in [1.807, 2.05) is 39.1 Å². The van der Waals surface area contributed by atoms with Crippen molar-refractivity contribution in [3.8, 4) is 22.6 Å². The van der Waals surface area contributed by atoms with E-state index < -0.39 is 11.4 Å². The molecule has 0 bridgehead atoms. The monoisotopic (exact) mass is 508 g/mol. The third-order valence-electron chi connectivity index (χ3n) is 7.68. The van der Waals surface area contributed by atoms with Crippen LogP contribution in [-0.2, 0) is 16.2 Å². The minimum Gasteiger partial charge on any atom is -0.493 e. The molecule has 0 unspecified atom stereocenters. The van der Waals surface area contributed by atoms with Gasteiger partial charge in [-0.1, -0.05) is 11.2 Å². The van der Waals surface area contributed by atoms with Crippen molar-refractivity contribution in [2.24, 2.45) is 10.6 Å². The molecule has 3 aliphatic heterocycles. The summed E-state index contributed by atoms with van der Waals surface area (Å²) >= 11 is 0. The normalized spacial score (nSPS) is 20.2. The standard InChI is InChI=1S/C28H36N4O5/c1-4-35-22-13-20(14-23(36-5-2)25(22)21-7-6-10-29-16-21)17-31-18-28(19-31)15-24(30-37-28)32-11-8-27(3,9-12-32)26(33)34/h6-7,10,13-14,16H,4-5,8-9,11-12,15,17-19H2,1-3H3,(H,33,34). The average Bonchev–Trinajstić information content (AvgIpc) is 3.31. The number of pyridine rings is 1. The Morgan fingerprint density at radius 1 is 1.14 bits per heavy atom. The van der Waals surface area contributed by atoms with E-state index in [1.165, 1.54) is 0 Å². The molecular weight excluding hydrogens is 472 g/mol. The van der Waals surface area contributed by atoms with Crippen LogP contribution in [-0.4, -0.2) is 76.7 Å². The van der Waals surface area contributed by atoms with Crippen LogP contribution in [0.5, 0.6) is 11.5 Å². The predicted molar refractivity (Wildman–Crippen MR) is 140 cm³/mol. The molecule has 1 aromatic carbocycles. The molecule has 0 radical (unpaired) electrons. The molecule has 2 saturated heterocycles. The van der Waals surface area contributed by atoms with Gasteiger partial charge in [-0.25, -0.2) is 0 Å². The number of aliphatic carboxylic acids is 1. The number of nitrogens with zero attached hydrogens (tertiary/aromatic N) is 4. The van der Waals surface area contributed by atoms with E-state index in [-0.39, 0.29) is 5.60 Å². The van der Waals surface area contributed by atoms with Gasteiger partial charge in [0.2, 0.25) is 0 Å². The first-order valence-corrected chi connectivity index (χ1v) is 13.1. The number of benzene rings is 1. The van der Waals surface area contributed by atoms with E-state index in [0.717, 1.165) is 60.1 Å². The van der Waals surface area contributed by atoms with Gasteiger partial charge in [0.15, 0.2) is 5.60 Å². The molecule has 2 aromatic rings. The van der Waals surface area contributed by atoms with Gasteiger partial charge in [0, 0.05) is 50.7 Å². The van der Waals surface area contributed by atoms with Crippen LogP contribution >= 0.6 is 0 Å². The fraction of sp³-hybridized carbons (Fsp3) is 0.536. The third kappa shape index (κ3) is 5.09. The molecule has 3 aliphatic rings. The van der Waals surface area contributed by atoms with Gasteiger partial charge < -0.3 is 24.3 Å². The summed E-state index contributed by atoms with van der Waals surface area (Å²) in [5.74, 6) is 1.84. The van der Waals surface area contributed by atoms with Gasteiger partial charge in [0.05, 0.1) is 30.6 Å². The van der Waals surface area contributed by atoms with Gasteiger partial charge >= 0.3 is 5.97 Å². The number of rotatable bonds is 8. The minimum absolute atomic E-state index is 0.288. The zero-order valence-corrected chi connectivity index (χ0v) is 21.9. The van der Waals surface area contributed by atoms with Gasteiger partial charge in [0.25, 0.3) is 0 Å². The van der Waals surface area contributed by atoms with E-state index in [2.05, 4.69) is 32.1 Å². The first kappa shape index (κ1) is 25.3. The summed E-state index contributed by atoms with van der Waals surface area (Å²) in [6.45, 7) is 10.7. The van der Waals surface area contributed by atoms with Gasteiger partial charge in [-0.05, 0) is 57.4 Å². The van der Waals surface area contributed by atoms with Crippen LogP contribution in [0.3, 0.4) is 0 Å². The summed E-state index contributed by atoms with van der Waals surface area (Å²) in [5, 5.41) is 13.9. The topological polar surface area (TPSA) is 96.7 Å². The van der Waals surface area contributed by atoms with Crippen LogP contribution in [0, 0.1) is 5.41 Å². The Kier molecular flexibility index (Phi) is 6.98. The number of carboxylic acid groups (broad SMARTS) is 1. The summed E-state index contributed by atoms with van der Waals surface area (Å²) in [5.41, 5.74) is 2.09. The van der Waals surface area contributed by atoms with Crippen molar-refractivity contribution in [1.29, 1.82) is 0 Å². The molecule has 0 saturated carbocycles. The molecule has 37 heavy (non-hydrogen) atoms. The summed E-state index contributed by atoms with van der Waals surface area (Å²) in [7, 11) is 0. The molecule has 5 rings (SSSR count). The molecule has 4 heterocycles. The van der Waals surface area contributed by atoms with Gasteiger partial charge in [-0.2, -0.15) is 0 Å². The quantitative estimate of drug-likeness (QED) is 0.571. The number of oxime groups is 1. The Labute approximate surface area is 218 Å². The van der Waals surface area contributed by atoms with Crippen molar-refractivity contribution in [3.63, 3.8) is 0 Å². The fourth-order valence-corrected chi connectivity index (χ4v) is 5.52. The van der Waals surface area contributed by atoms with E-state index in [1.54, 1.807) is 6.20 Å². The molecule has 2 fully saturated rings. The Bertz CT molecular complexity index is 1130. The molecule has 0 amide bonds. The minimum atomic E-state index is -0.712. The summed E-state index contributed by atoms with van der Waals surface area (Å²) in [6, 6.07) is 8.14. The van der Waals surface area contributed by atoms with E-state index in [4.69, 9.17) is 14.3 Å². The summed E-state index contributed by atoms with van der Waals surface area (Å²) in [6.07, 6.45) is 5.61. The highest BCUT2D eigenvalue weighted by atomic mass is 16.7. The van der Waals surface area contributed by atoms with Crippen molar-refractivity contribution in [2.45, 2.75) is 52.2 Å². The lowest BCUT2D eigenvalue weighted by atomic mass is 9.80. The molecule has 1 aromatic heterocycles. The van der Waals surface area contributed by atoms with Gasteiger partial charge in [-0.3, -0.25) is 14.7 Å². The Balaban J connectivity index is 1.23. The van der Waals surface area contributed by atoms with Crippen molar-refractivity contribution in [2.75, 3.05) is 39.4 Å². The van der Waals surface area contributed by atoms with Crippen molar-refractivity contribution < 1.29 is 24.2 Å². The largest absolute Gasteiger partial charge is 0.493 e. The van der Waals surface area contributed by atoms with E-state index in [0.29, 0.717) is 39.1 Å². The SMILES string of the molecule is CCOc1cc(CN2CC3(CC(N4CCC(C)(C(=O)O)CC4)=NO3)C2)cc(OCC)c1-c1cccnc1. The Hall–Kier alpha value is -3.33. The highest BCUT2D eigenvalue weighted by molar-refractivity contribution is 5.85. The van der Waals surface area contributed by atoms with Crippen LogP contribution in [0.4, 0.5) is 0 Å². The number of aromatic nitrogens is 1. The maximum atomic E-state index is 11.6. The molecule has 1 spiro atoms. The number of ether oxygens (including phenoxy) is 2. The van der Waals surface area contributed by atoms with Gasteiger partial charge in [-0.15, -0.1) is 0 Å². The van der Waals surface area contributed by atoms with E-state index >= 15 is 0 Å². The van der Waals surface area contributed by atoms with Crippen LogP contribution < -0.4 is 9.47 Å². The zero-order valence-electron chi connectivity index (χ0n) is 21.9. The lowest BCUT2D eigenvalue weighted by Crippen LogP contribution is -2.61. The number of hydrogen-bond donors (Lipinski definition) is 1.